The zero-order valence-electron chi connectivity index (χ0n) is 13.5. The van der Waals surface area contributed by atoms with Crippen LogP contribution in [0, 0.1) is 5.92 Å². The minimum atomic E-state index is -4.17. The zero-order valence-corrected chi connectivity index (χ0v) is 13.5. The Morgan fingerprint density at radius 3 is 2.65 bits per heavy atom. The van der Waals surface area contributed by atoms with E-state index in [-0.39, 0.29) is 18.4 Å². The van der Waals surface area contributed by atoms with Gasteiger partial charge in [0.2, 0.25) is 5.91 Å². The second-order valence-corrected chi connectivity index (χ2v) is 5.69. The van der Waals surface area contributed by atoms with E-state index < -0.39 is 12.6 Å². The van der Waals surface area contributed by atoms with Crippen LogP contribution in [-0.4, -0.2) is 62.7 Å². The molecule has 0 aromatic heterocycles. The molecule has 0 aromatic rings. The quantitative estimate of drug-likeness (QED) is 0.363. The van der Waals surface area contributed by atoms with Gasteiger partial charge in [-0.3, -0.25) is 9.79 Å². The van der Waals surface area contributed by atoms with E-state index >= 15 is 0 Å². The topological polar surface area (TPSA) is 82.8 Å². The molecule has 6 nitrogen and oxygen atoms in total. The molecule has 1 unspecified atom stereocenters. The number of nitrogens with two attached hydrogens (primary N) is 1. The number of nitrogens with zero attached hydrogens (tertiary/aromatic N) is 2. The van der Waals surface area contributed by atoms with E-state index in [1.54, 1.807) is 0 Å². The minimum Gasteiger partial charge on any atom is -0.369 e. The van der Waals surface area contributed by atoms with Crippen LogP contribution >= 0.6 is 0 Å². The summed E-state index contributed by atoms with van der Waals surface area (Å²) in [4.78, 5) is 17.3. The first-order chi connectivity index (χ1) is 10.8. The van der Waals surface area contributed by atoms with Gasteiger partial charge in [-0.1, -0.05) is 0 Å². The molecule has 0 aliphatic carbocycles. The second-order valence-electron chi connectivity index (χ2n) is 5.69. The van der Waals surface area contributed by atoms with Crippen LogP contribution in [0.25, 0.3) is 0 Å². The van der Waals surface area contributed by atoms with Crippen molar-refractivity contribution >= 4 is 11.9 Å². The molecule has 1 amide bonds. The van der Waals surface area contributed by atoms with Crippen molar-refractivity contribution in [1.82, 2.24) is 15.5 Å². The lowest BCUT2D eigenvalue weighted by molar-refractivity contribution is -0.132. The molecule has 134 valence electrons. The molecule has 1 atom stereocenters. The highest BCUT2D eigenvalue weighted by atomic mass is 19.4. The Hall–Kier alpha value is -1.51. The summed E-state index contributed by atoms with van der Waals surface area (Å²) in [5.74, 6) is 0.0403. The molecule has 1 saturated heterocycles. The molecule has 1 aliphatic heterocycles. The summed E-state index contributed by atoms with van der Waals surface area (Å²) < 4.78 is 36.2. The molecule has 1 fully saturated rings. The first-order valence-corrected chi connectivity index (χ1v) is 7.85. The van der Waals surface area contributed by atoms with Gasteiger partial charge in [0.1, 0.15) is 0 Å². The molecule has 1 rings (SSSR count). The number of hydrogen-bond donors (Lipinski definition) is 3. The monoisotopic (exact) mass is 337 g/mol. The number of primary amides is 1. The molecular formula is C14H26F3N5O. The molecule has 0 aromatic carbocycles. The molecule has 0 bridgehead atoms. The lowest BCUT2D eigenvalue weighted by Gasteiger charge is -2.31. The SMILES string of the molecule is CN=C(NCCCN1CCCC(C(N)=O)C1)NCCC(F)(F)F. The molecule has 0 spiro atoms. The summed E-state index contributed by atoms with van der Waals surface area (Å²) in [5, 5.41) is 5.61. The van der Waals surface area contributed by atoms with Crippen molar-refractivity contribution in [2.75, 3.05) is 39.8 Å². The fourth-order valence-electron chi connectivity index (χ4n) is 2.54. The Morgan fingerprint density at radius 2 is 2.04 bits per heavy atom. The number of likely N-dealkylation sites (tertiary alicyclic amines) is 1. The number of amides is 1. The summed E-state index contributed by atoms with van der Waals surface area (Å²) in [5.41, 5.74) is 5.34. The Bertz CT molecular complexity index is 400. The number of hydrogen-bond acceptors (Lipinski definition) is 3. The molecule has 4 N–H and O–H groups in total. The maximum atomic E-state index is 12.1. The van der Waals surface area contributed by atoms with Crippen LogP contribution in [0.3, 0.4) is 0 Å². The minimum absolute atomic E-state index is 0.0755. The molecule has 1 heterocycles. The van der Waals surface area contributed by atoms with Crippen molar-refractivity contribution in [3.63, 3.8) is 0 Å². The molecule has 23 heavy (non-hydrogen) atoms. The standard InChI is InChI=1S/C14H26F3N5O/c1-19-13(21-7-5-14(15,16)17)20-6-3-9-22-8-2-4-11(10-22)12(18)23/h11H,2-10H2,1H3,(H2,18,23)(H2,19,20,21). The molecule has 0 saturated carbocycles. The number of alkyl halides is 3. The third kappa shape index (κ3) is 8.63. The van der Waals surface area contributed by atoms with Crippen molar-refractivity contribution in [2.24, 2.45) is 16.6 Å². The number of nitrogens with one attached hydrogen (secondary N) is 2. The summed E-state index contributed by atoms with van der Waals surface area (Å²) >= 11 is 0. The fraction of sp³-hybridized carbons (Fsp3) is 0.857. The van der Waals surface area contributed by atoms with Crippen LogP contribution in [-0.2, 0) is 4.79 Å². The van der Waals surface area contributed by atoms with Crippen LogP contribution < -0.4 is 16.4 Å². The van der Waals surface area contributed by atoms with E-state index in [1.807, 2.05) is 0 Å². The third-order valence-corrected chi connectivity index (χ3v) is 3.78. The summed E-state index contributed by atoms with van der Waals surface area (Å²) in [7, 11) is 1.52. The normalized spacial score (nSPS) is 20.3. The molecular weight excluding hydrogens is 311 g/mol. The van der Waals surface area contributed by atoms with Gasteiger partial charge in [0, 0.05) is 26.7 Å². The first kappa shape index (κ1) is 19.5. The number of halogens is 3. The van der Waals surface area contributed by atoms with Gasteiger partial charge in [0.25, 0.3) is 0 Å². The maximum absolute atomic E-state index is 12.1. The van der Waals surface area contributed by atoms with Crippen molar-refractivity contribution in [2.45, 2.75) is 31.9 Å². The Balaban J connectivity index is 2.16. The number of rotatable bonds is 7. The third-order valence-electron chi connectivity index (χ3n) is 3.78. The van der Waals surface area contributed by atoms with E-state index in [2.05, 4.69) is 20.5 Å². The van der Waals surface area contributed by atoms with E-state index in [1.165, 1.54) is 7.05 Å². The highest BCUT2D eigenvalue weighted by molar-refractivity contribution is 5.79. The average Bonchev–Trinajstić information content (AvgIpc) is 2.48. The number of aliphatic imine (C=N–C) groups is 1. The van der Waals surface area contributed by atoms with Crippen LogP contribution in [0.1, 0.15) is 25.7 Å². The number of carbonyl (C=O) groups is 1. The maximum Gasteiger partial charge on any atom is 0.390 e. The van der Waals surface area contributed by atoms with Gasteiger partial charge < -0.3 is 21.3 Å². The first-order valence-electron chi connectivity index (χ1n) is 7.85. The summed E-state index contributed by atoms with van der Waals surface area (Å²) in [6.45, 7) is 2.85. The van der Waals surface area contributed by atoms with Crippen LogP contribution in [0.15, 0.2) is 4.99 Å². The van der Waals surface area contributed by atoms with Gasteiger partial charge in [0.05, 0.1) is 12.3 Å². The van der Waals surface area contributed by atoms with Gasteiger partial charge >= 0.3 is 6.18 Å². The van der Waals surface area contributed by atoms with Crippen molar-refractivity contribution in [1.29, 1.82) is 0 Å². The van der Waals surface area contributed by atoms with E-state index in [4.69, 9.17) is 5.73 Å². The smallest absolute Gasteiger partial charge is 0.369 e. The van der Waals surface area contributed by atoms with Crippen molar-refractivity contribution in [3.05, 3.63) is 0 Å². The van der Waals surface area contributed by atoms with Crippen molar-refractivity contribution < 1.29 is 18.0 Å². The van der Waals surface area contributed by atoms with Crippen LogP contribution in [0.4, 0.5) is 13.2 Å². The average molecular weight is 337 g/mol. The van der Waals surface area contributed by atoms with Crippen LogP contribution in [0.2, 0.25) is 0 Å². The van der Waals surface area contributed by atoms with Gasteiger partial charge in [-0.15, -0.1) is 0 Å². The largest absolute Gasteiger partial charge is 0.390 e. The predicted octanol–water partition coefficient (Wildman–Crippen LogP) is 0.691. The molecule has 0 radical (unpaired) electrons. The Morgan fingerprint density at radius 1 is 1.35 bits per heavy atom. The summed E-state index contributed by atoms with van der Waals surface area (Å²) in [6.07, 6.45) is -2.44. The highest BCUT2D eigenvalue weighted by Gasteiger charge is 2.26. The zero-order chi connectivity index (χ0) is 17.3. The fourth-order valence-corrected chi connectivity index (χ4v) is 2.54. The van der Waals surface area contributed by atoms with Crippen LogP contribution in [0.5, 0.6) is 0 Å². The lowest BCUT2D eigenvalue weighted by atomic mass is 9.97. The van der Waals surface area contributed by atoms with E-state index in [9.17, 15) is 18.0 Å². The number of carbonyl (C=O) groups excluding carboxylic acids is 1. The predicted molar refractivity (Wildman–Crippen MR) is 83.0 cm³/mol. The molecule has 9 heteroatoms. The van der Waals surface area contributed by atoms with Gasteiger partial charge in [-0.25, -0.2) is 0 Å². The van der Waals surface area contributed by atoms with Gasteiger partial charge in [-0.2, -0.15) is 13.2 Å². The highest BCUT2D eigenvalue weighted by Crippen LogP contribution is 2.18. The Labute approximate surface area is 134 Å². The lowest BCUT2D eigenvalue weighted by Crippen LogP contribution is -2.43. The van der Waals surface area contributed by atoms with Gasteiger partial charge in [-0.05, 0) is 32.4 Å². The van der Waals surface area contributed by atoms with Gasteiger partial charge in [0.15, 0.2) is 5.96 Å². The number of guanidine groups is 1. The summed E-state index contributed by atoms with van der Waals surface area (Å²) in [6, 6.07) is 0. The van der Waals surface area contributed by atoms with E-state index in [0.717, 1.165) is 32.4 Å². The number of piperidine rings is 1. The second kappa shape index (κ2) is 9.59. The Kier molecular flexibility index (Phi) is 8.15. The molecule has 1 aliphatic rings. The van der Waals surface area contributed by atoms with E-state index in [0.29, 0.717) is 19.0 Å². The van der Waals surface area contributed by atoms with Crippen molar-refractivity contribution in [3.8, 4) is 0 Å².